The molecule has 148 valence electrons. The van der Waals surface area contributed by atoms with Crippen LogP contribution in [0.4, 0.5) is 0 Å². The van der Waals surface area contributed by atoms with E-state index in [9.17, 15) is 9.59 Å². The highest BCUT2D eigenvalue weighted by Crippen LogP contribution is 2.12. The van der Waals surface area contributed by atoms with Crippen molar-refractivity contribution in [1.29, 1.82) is 0 Å². The first-order valence-corrected chi connectivity index (χ1v) is 10.5. The van der Waals surface area contributed by atoms with Crippen molar-refractivity contribution in [2.24, 2.45) is 0 Å². The number of carbonyl (C=O) groups is 2. The van der Waals surface area contributed by atoms with Gasteiger partial charge in [-0.15, -0.1) is 0 Å². The van der Waals surface area contributed by atoms with Crippen molar-refractivity contribution in [3.8, 4) is 0 Å². The lowest BCUT2D eigenvalue weighted by atomic mass is 10.0. The van der Waals surface area contributed by atoms with Crippen LogP contribution in [-0.2, 0) is 19.1 Å². The van der Waals surface area contributed by atoms with Crippen LogP contribution in [0.1, 0.15) is 110 Å². The Morgan fingerprint density at radius 2 is 0.960 bits per heavy atom. The first kappa shape index (κ1) is 23.9. The lowest BCUT2D eigenvalue weighted by molar-refractivity contribution is -0.154. The Hall–Kier alpha value is -1.06. The second-order valence-corrected chi connectivity index (χ2v) is 6.80. The van der Waals surface area contributed by atoms with E-state index in [0.717, 1.165) is 12.8 Å². The Bertz CT molecular complexity index is 315. The first-order chi connectivity index (χ1) is 12.2. The highest BCUT2D eigenvalue weighted by Gasteiger charge is 2.10. The average molecular weight is 357 g/mol. The SMILES string of the molecule is CCCCCCCCCCCCCCCCOC(=O)CC(=O)OCC. The summed E-state index contributed by atoms with van der Waals surface area (Å²) in [5, 5.41) is 0. The molecule has 0 atom stereocenters. The zero-order chi connectivity index (χ0) is 18.6. The largest absolute Gasteiger partial charge is 0.466 e. The standard InChI is InChI=1S/C21H40O4/c1-3-5-6-7-8-9-10-11-12-13-14-15-16-17-18-25-21(23)19-20(22)24-4-2/h3-19H2,1-2H3. The van der Waals surface area contributed by atoms with Crippen LogP contribution in [0.3, 0.4) is 0 Å². The fourth-order valence-corrected chi connectivity index (χ4v) is 2.86. The molecule has 4 nitrogen and oxygen atoms in total. The van der Waals surface area contributed by atoms with Gasteiger partial charge in [0.05, 0.1) is 13.2 Å². The molecule has 0 bridgehead atoms. The lowest BCUT2D eigenvalue weighted by Gasteiger charge is -2.05. The van der Waals surface area contributed by atoms with E-state index in [0.29, 0.717) is 13.2 Å². The highest BCUT2D eigenvalue weighted by molar-refractivity contribution is 5.91. The molecule has 0 saturated heterocycles. The van der Waals surface area contributed by atoms with Crippen LogP contribution < -0.4 is 0 Å². The molecule has 0 unspecified atom stereocenters. The Morgan fingerprint density at radius 3 is 1.40 bits per heavy atom. The first-order valence-electron chi connectivity index (χ1n) is 10.5. The third kappa shape index (κ3) is 19.1. The maximum Gasteiger partial charge on any atom is 0.317 e. The molecule has 0 aliphatic rings. The van der Waals surface area contributed by atoms with Crippen LogP contribution in [0.5, 0.6) is 0 Å². The fraction of sp³-hybridized carbons (Fsp3) is 0.905. The van der Waals surface area contributed by atoms with Gasteiger partial charge in [-0.3, -0.25) is 9.59 Å². The average Bonchev–Trinajstić information content (AvgIpc) is 2.58. The zero-order valence-electron chi connectivity index (χ0n) is 16.7. The van der Waals surface area contributed by atoms with Crippen LogP contribution >= 0.6 is 0 Å². The molecule has 0 fully saturated rings. The van der Waals surface area contributed by atoms with Gasteiger partial charge in [0.25, 0.3) is 0 Å². The van der Waals surface area contributed by atoms with Crippen molar-refractivity contribution in [2.45, 2.75) is 110 Å². The highest BCUT2D eigenvalue weighted by atomic mass is 16.6. The maximum absolute atomic E-state index is 11.3. The summed E-state index contributed by atoms with van der Waals surface area (Å²) in [6.07, 6.45) is 18.0. The van der Waals surface area contributed by atoms with E-state index in [1.54, 1.807) is 6.92 Å². The molecule has 0 aliphatic heterocycles. The van der Waals surface area contributed by atoms with Crippen molar-refractivity contribution in [2.75, 3.05) is 13.2 Å². The van der Waals surface area contributed by atoms with Gasteiger partial charge in [0.1, 0.15) is 6.42 Å². The molecule has 25 heavy (non-hydrogen) atoms. The minimum Gasteiger partial charge on any atom is -0.466 e. The molecule has 0 aromatic carbocycles. The fourth-order valence-electron chi connectivity index (χ4n) is 2.86. The molecular weight excluding hydrogens is 316 g/mol. The van der Waals surface area contributed by atoms with Crippen LogP contribution in [0, 0.1) is 0 Å². The molecule has 0 radical (unpaired) electrons. The third-order valence-corrected chi connectivity index (χ3v) is 4.35. The van der Waals surface area contributed by atoms with Crippen molar-refractivity contribution >= 4 is 11.9 Å². The predicted octanol–water partition coefficient (Wildman–Crippen LogP) is 5.96. The second kappa shape index (κ2) is 19.3. The predicted molar refractivity (Wildman–Crippen MR) is 103 cm³/mol. The second-order valence-electron chi connectivity index (χ2n) is 6.80. The van der Waals surface area contributed by atoms with Gasteiger partial charge in [-0.2, -0.15) is 0 Å². The van der Waals surface area contributed by atoms with E-state index in [1.807, 2.05) is 0 Å². The van der Waals surface area contributed by atoms with Gasteiger partial charge < -0.3 is 9.47 Å². The smallest absolute Gasteiger partial charge is 0.317 e. The summed E-state index contributed by atoms with van der Waals surface area (Å²) in [6, 6.07) is 0. The van der Waals surface area contributed by atoms with Crippen LogP contribution in [0.2, 0.25) is 0 Å². The van der Waals surface area contributed by atoms with E-state index in [1.165, 1.54) is 77.0 Å². The van der Waals surface area contributed by atoms with E-state index in [-0.39, 0.29) is 6.42 Å². The molecule has 0 aliphatic carbocycles. The number of ether oxygens (including phenoxy) is 2. The summed E-state index contributed by atoms with van der Waals surface area (Å²) < 4.78 is 9.73. The molecule has 0 saturated carbocycles. The quantitative estimate of drug-likeness (QED) is 0.173. The summed E-state index contributed by atoms with van der Waals surface area (Å²) in [6.45, 7) is 4.69. The van der Waals surface area contributed by atoms with Crippen molar-refractivity contribution in [1.82, 2.24) is 0 Å². The molecule has 0 aromatic rings. The summed E-state index contributed by atoms with van der Waals surface area (Å²) in [5.41, 5.74) is 0. The van der Waals surface area contributed by atoms with Gasteiger partial charge in [-0.1, -0.05) is 90.4 Å². The van der Waals surface area contributed by atoms with Gasteiger partial charge in [0.15, 0.2) is 0 Å². The maximum atomic E-state index is 11.3. The normalized spacial score (nSPS) is 10.6. The van der Waals surface area contributed by atoms with Gasteiger partial charge in [-0.25, -0.2) is 0 Å². The van der Waals surface area contributed by atoms with Crippen molar-refractivity contribution in [3.63, 3.8) is 0 Å². The lowest BCUT2D eigenvalue weighted by Crippen LogP contribution is -2.14. The van der Waals surface area contributed by atoms with E-state index in [4.69, 9.17) is 9.47 Å². The van der Waals surface area contributed by atoms with E-state index >= 15 is 0 Å². The Kier molecular flexibility index (Phi) is 18.5. The van der Waals surface area contributed by atoms with Crippen LogP contribution in [0.15, 0.2) is 0 Å². The number of rotatable bonds is 18. The Morgan fingerprint density at radius 1 is 0.560 bits per heavy atom. The van der Waals surface area contributed by atoms with Gasteiger partial charge in [0, 0.05) is 0 Å². The van der Waals surface area contributed by atoms with Crippen molar-refractivity contribution < 1.29 is 19.1 Å². The zero-order valence-corrected chi connectivity index (χ0v) is 16.7. The minimum atomic E-state index is -0.506. The summed E-state index contributed by atoms with van der Waals surface area (Å²) in [5.74, 6) is -0.985. The monoisotopic (exact) mass is 356 g/mol. The third-order valence-electron chi connectivity index (χ3n) is 4.35. The summed E-state index contributed by atoms with van der Waals surface area (Å²) in [4.78, 5) is 22.4. The number of carbonyl (C=O) groups excluding carboxylic acids is 2. The Balaban J connectivity index is 3.16. The molecule has 0 aromatic heterocycles. The van der Waals surface area contributed by atoms with Crippen molar-refractivity contribution in [3.05, 3.63) is 0 Å². The molecular formula is C21H40O4. The molecule has 0 spiro atoms. The van der Waals surface area contributed by atoms with Gasteiger partial charge in [0.2, 0.25) is 0 Å². The minimum absolute atomic E-state index is 0.271. The Labute approximate surface area is 155 Å². The number of unbranched alkanes of at least 4 members (excludes halogenated alkanes) is 13. The summed E-state index contributed by atoms with van der Waals surface area (Å²) >= 11 is 0. The molecule has 0 heterocycles. The van der Waals surface area contributed by atoms with Gasteiger partial charge in [-0.05, 0) is 13.3 Å². The van der Waals surface area contributed by atoms with Crippen LogP contribution in [-0.4, -0.2) is 25.2 Å². The topological polar surface area (TPSA) is 52.6 Å². The number of hydrogen-bond acceptors (Lipinski definition) is 4. The van der Waals surface area contributed by atoms with Gasteiger partial charge >= 0.3 is 11.9 Å². The van der Waals surface area contributed by atoms with Crippen LogP contribution in [0.25, 0.3) is 0 Å². The molecule has 0 rings (SSSR count). The summed E-state index contributed by atoms with van der Waals surface area (Å²) in [7, 11) is 0. The molecule has 0 N–H and O–H groups in total. The van der Waals surface area contributed by atoms with E-state index < -0.39 is 11.9 Å². The molecule has 4 heteroatoms. The number of esters is 2. The molecule has 0 amide bonds. The van der Waals surface area contributed by atoms with E-state index in [2.05, 4.69) is 6.92 Å². The number of hydrogen-bond donors (Lipinski definition) is 0.